The summed E-state index contributed by atoms with van der Waals surface area (Å²) in [6, 6.07) is 9.95. The number of fused-ring (bicyclic) bond motifs is 1. The zero-order valence-corrected chi connectivity index (χ0v) is 17.2. The molecule has 29 heavy (non-hydrogen) atoms. The number of hydrogen-bond acceptors (Lipinski definition) is 7. The predicted molar refractivity (Wildman–Crippen MR) is 105 cm³/mol. The molecule has 0 aromatic heterocycles. The van der Waals surface area contributed by atoms with Crippen LogP contribution < -0.4 is 0 Å². The fraction of sp³-hybridized carbons (Fsp3) is 0.591. The Kier molecular flexibility index (Phi) is 6.03. The average molecular weight is 403 g/mol. The van der Waals surface area contributed by atoms with E-state index in [0.717, 1.165) is 0 Å². The van der Waals surface area contributed by atoms with E-state index in [4.69, 9.17) is 23.7 Å². The van der Waals surface area contributed by atoms with Crippen LogP contribution in [0, 0.1) is 0 Å². The fourth-order valence-corrected chi connectivity index (χ4v) is 4.32. The standard InChI is InChI=1S/C22H29NO6/c1-22(2)28-20-19(25-3)18(27-21(20)29-22)16-13-17(24)26-12-8-7-11-23(16)14-15-9-5-4-6-10-15/h4-10,16,18-21H,11-14H2,1-3H3/b8-7-/t16-,18+,19-,20+,21+/m0/s1. The molecule has 0 saturated carbocycles. The Labute approximate surface area is 171 Å². The molecular formula is C22H29NO6. The van der Waals surface area contributed by atoms with Crippen LogP contribution in [0.2, 0.25) is 0 Å². The van der Waals surface area contributed by atoms with E-state index in [1.54, 1.807) is 7.11 Å². The molecule has 0 unspecified atom stereocenters. The van der Waals surface area contributed by atoms with E-state index in [1.807, 2.05) is 44.2 Å². The Balaban J connectivity index is 1.61. The molecule has 0 amide bonds. The van der Waals surface area contributed by atoms with Crippen molar-refractivity contribution in [2.24, 2.45) is 0 Å². The third kappa shape index (κ3) is 4.54. The topological polar surface area (TPSA) is 66.5 Å². The van der Waals surface area contributed by atoms with E-state index < -0.39 is 12.1 Å². The van der Waals surface area contributed by atoms with Gasteiger partial charge in [-0.2, -0.15) is 0 Å². The van der Waals surface area contributed by atoms with E-state index in [9.17, 15) is 4.79 Å². The Morgan fingerprint density at radius 2 is 1.93 bits per heavy atom. The van der Waals surface area contributed by atoms with Crippen LogP contribution in [0.4, 0.5) is 0 Å². The number of ether oxygens (including phenoxy) is 5. The van der Waals surface area contributed by atoms with Gasteiger partial charge < -0.3 is 23.7 Å². The number of rotatable bonds is 4. The minimum Gasteiger partial charge on any atom is -0.461 e. The van der Waals surface area contributed by atoms with E-state index in [1.165, 1.54) is 5.56 Å². The number of nitrogens with zero attached hydrogens (tertiary/aromatic N) is 1. The van der Waals surface area contributed by atoms with Gasteiger partial charge in [0.15, 0.2) is 12.1 Å². The lowest BCUT2D eigenvalue weighted by molar-refractivity contribution is -0.224. The van der Waals surface area contributed by atoms with Crippen LogP contribution in [-0.4, -0.2) is 67.6 Å². The monoisotopic (exact) mass is 403 g/mol. The van der Waals surface area contributed by atoms with Crippen molar-refractivity contribution in [3.8, 4) is 0 Å². The molecule has 4 rings (SSSR count). The first-order chi connectivity index (χ1) is 14.0. The lowest BCUT2D eigenvalue weighted by atomic mass is 9.98. The number of esters is 1. The van der Waals surface area contributed by atoms with Crippen LogP contribution in [0.5, 0.6) is 0 Å². The average Bonchev–Trinajstić information content (AvgIpc) is 3.18. The molecule has 3 aliphatic rings. The van der Waals surface area contributed by atoms with Crippen LogP contribution in [-0.2, 0) is 35.0 Å². The molecule has 0 N–H and O–H groups in total. The van der Waals surface area contributed by atoms with Crippen molar-refractivity contribution in [1.82, 2.24) is 4.90 Å². The smallest absolute Gasteiger partial charge is 0.307 e. The van der Waals surface area contributed by atoms with Crippen LogP contribution in [0.3, 0.4) is 0 Å². The fourth-order valence-electron chi connectivity index (χ4n) is 4.32. The van der Waals surface area contributed by atoms with E-state index in [2.05, 4.69) is 17.0 Å². The minimum absolute atomic E-state index is 0.210. The minimum atomic E-state index is -0.721. The lowest BCUT2D eigenvalue weighted by Crippen LogP contribution is -2.51. The summed E-state index contributed by atoms with van der Waals surface area (Å²) in [5.41, 5.74) is 1.17. The molecule has 158 valence electrons. The number of methoxy groups -OCH3 is 1. The highest BCUT2D eigenvalue weighted by molar-refractivity contribution is 5.70. The van der Waals surface area contributed by atoms with Crippen molar-refractivity contribution in [3.05, 3.63) is 48.0 Å². The van der Waals surface area contributed by atoms with Crippen molar-refractivity contribution in [3.63, 3.8) is 0 Å². The highest BCUT2D eigenvalue weighted by atomic mass is 16.8. The Morgan fingerprint density at radius 3 is 2.69 bits per heavy atom. The first-order valence-corrected chi connectivity index (χ1v) is 10.1. The summed E-state index contributed by atoms with van der Waals surface area (Å²) in [4.78, 5) is 14.7. The first kappa shape index (κ1) is 20.5. The van der Waals surface area contributed by atoms with Crippen molar-refractivity contribution in [2.45, 2.75) is 63.2 Å². The van der Waals surface area contributed by atoms with E-state index in [-0.39, 0.29) is 43.4 Å². The zero-order chi connectivity index (χ0) is 20.4. The van der Waals surface area contributed by atoms with Crippen molar-refractivity contribution in [1.29, 1.82) is 0 Å². The van der Waals surface area contributed by atoms with Crippen molar-refractivity contribution in [2.75, 3.05) is 20.3 Å². The molecule has 1 aromatic rings. The number of carbonyl (C=O) groups is 1. The van der Waals surface area contributed by atoms with Crippen LogP contribution in [0.1, 0.15) is 25.8 Å². The zero-order valence-electron chi connectivity index (χ0n) is 17.2. The van der Waals surface area contributed by atoms with Gasteiger partial charge in [-0.15, -0.1) is 0 Å². The van der Waals surface area contributed by atoms with Gasteiger partial charge in [-0.05, 0) is 25.5 Å². The second kappa shape index (κ2) is 8.53. The molecule has 3 heterocycles. The molecule has 7 heteroatoms. The molecule has 2 saturated heterocycles. The number of cyclic esters (lactones) is 1. The van der Waals surface area contributed by atoms with Gasteiger partial charge in [0.05, 0.1) is 6.42 Å². The quantitative estimate of drug-likeness (QED) is 0.564. The highest BCUT2D eigenvalue weighted by Crippen LogP contribution is 2.41. The third-order valence-electron chi connectivity index (χ3n) is 5.60. The second-order valence-corrected chi connectivity index (χ2v) is 8.11. The van der Waals surface area contributed by atoms with Crippen LogP contribution in [0.25, 0.3) is 0 Å². The summed E-state index contributed by atoms with van der Waals surface area (Å²) < 4.78 is 29.4. The molecule has 0 aliphatic carbocycles. The molecular weight excluding hydrogens is 374 g/mol. The number of benzene rings is 1. The number of hydrogen-bond donors (Lipinski definition) is 0. The van der Waals surface area contributed by atoms with Crippen LogP contribution >= 0.6 is 0 Å². The molecule has 0 bridgehead atoms. The Morgan fingerprint density at radius 1 is 1.14 bits per heavy atom. The second-order valence-electron chi connectivity index (χ2n) is 8.11. The normalized spacial score (nSPS) is 36.0. The first-order valence-electron chi connectivity index (χ1n) is 10.1. The molecule has 1 aromatic carbocycles. The summed E-state index contributed by atoms with van der Waals surface area (Å²) in [6.45, 7) is 5.37. The lowest BCUT2D eigenvalue weighted by Gasteiger charge is -2.36. The SMILES string of the molecule is CO[C@@H]1[C@H]2OC(C)(C)O[C@H]2O[C@@H]1[C@@H]1CC(=O)OC/C=C\CN1Cc1ccccc1. The van der Waals surface area contributed by atoms with Gasteiger partial charge in [-0.3, -0.25) is 9.69 Å². The molecule has 7 nitrogen and oxygen atoms in total. The molecule has 0 radical (unpaired) electrons. The molecule has 3 aliphatic heterocycles. The summed E-state index contributed by atoms with van der Waals surface area (Å²) in [6.07, 6.45) is 2.54. The highest BCUT2D eigenvalue weighted by Gasteiger charge is 2.57. The van der Waals surface area contributed by atoms with Crippen molar-refractivity contribution < 1.29 is 28.5 Å². The van der Waals surface area contributed by atoms with E-state index in [0.29, 0.717) is 13.1 Å². The third-order valence-corrected chi connectivity index (χ3v) is 5.60. The van der Waals surface area contributed by atoms with Gasteiger partial charge in [0, 0.05) is 26.2 Å². The summed E-state index contributed by atoms with van der Waals surface area (Å²) in [5.74, 6) is -0.974. The largest absolute Gasteiger partial charge is 0.461 e. The van der Waals surface area contributed by atoms with Gasteiger partial charge in [0.1, 0.15) is 24.9 Å². The van der Waals surface area contributed by atoms with Gasteiger partial charge in [-0.1, -0.05) is 36.4 Å². The molecule has 0 spiro atoms. The van der Waals surface area contributed by atoms with Gasteiger partial charge in [0.25, 0.3) is 0 Å². The maximum atomic E-state index is 12.5. The Bertz CT molecular complexity index is 736. The maximum Gasteiger partial charge on any atom is 0.307 e. The molecule has 2 fully saturated rings. The maximum absolute atomic E-state index is 12.5. The van der Waals surface area contributed by atoms with Gasteiger partial charge in [-0.25, -0.2) is 0 Å². The van der Waals surface area contributed by atoms with E-state index >= 15 is 0 Å². The van der Waals surface area contributed by atoms with Gasteiger partial charge in [0.2, 0.25) is 0 Å². The van der Waals surface area contributed by atoms with Gasteiger partial charge >= 0.3 is 5.97 Å². The molecule has 5 atom stereocenters. The summed E-state index contributed by atoms with van der Waals surface area (Å²) in [5, 5.41) is 0. The summed E-state index contributed by atoms with van der Waals surface area (Å²) in [7, 11) is 1.65. The summed E-state index contributed by atoms with van der Waals surface area (Å²) >= 11 is 0. The Hall–Kier alpha value is -1.77. The van der Waals surface area contributed by atoms with Crippen LogP contribution in [0.15, 0.2) is 42.5 Å². The predicted octanol–water partition coefficient (Wildman–Crippen LogP) is 2.25. The van der Waals surface area contributed by atoms with Crippen molar-refractivity contribution >= 4 is 5.97 Å². The number of carbonyl (C=O) groups excluding carboxylic acids is 1.